The van der Waals surface area contributed by atoms with Gasteiger partial charge in [-0.05, 0) is 94.5 Å². The minimum absolute atomic E-state index is 0.0610. The molecule has 5 aliphatic rings. The molecule has 5 rings (SSSR count). The first kappa shape index (κ1) is 25.3. The van der Waals surface area contributed by atoms with E-state index < -0.39 is 18.2 Å². The smallest absolute Gasteiger partial charge is 0.344 e. The average molecular weight is 502 g/mol. The van der Waals surface area contributed by atoms with Crippen LogP contribution in [-0.2, 0) is 28.7 Å². The molecule has 1 N–H and O–H groups in total. The van der Waals surface area contributed by atoms with Gasteiger partial charge in [-0.25, -0.2) is 4.79 Å². The van der Waals surface area contributed by atoms with Gasteiger partial charge in [0, 0.05) is 11.8 Å². The summed E-state index contributed by atoms with van der Waals surface area (Å²) in [6.45, 7) is 7.95. The van der Waals surface area contributed by atoms with Crippen LogP contribution in [0.25, 0.3) is 0 Å². The average Bonchev–Trinajstić information content (AvgIpc) is 3.32. The first-order valence-electron chi connectivity index (χ1n) is 13.5. The number of hydrogen-bond acceptors (Lipinski definition) is 7. The van der Waals surface area contributed by atoms with Crippen molar-refractivity contribution in [3.8, 4) is 0 Å². The van der Waals surface area contributed by atoms with Crippen LogP contribution in [0.3, 0.4) is 0 Å². The Morgan fingerprint density at radius 3 is 2.56 bits per heavy atom. The van der Waals surface area contributed by atoms with Crippen molar-refractivity contribution in [2.24, 2.45) is 39.7 Å². The molecular formula is C28H39NO7. The highest BCUT2D eigenvalue weighted by Gasteiger charge is 2.69. The molecule has 1 spiro atoms. The van der Waals surface area contributed by atoms with Crippen LogP contribution in [0, 0.1) is 34.5 Å². The van der Waals surface area contributed by atoms with E-state index in [0.717, 1.165) is 44.2 Å². The molecule has 36 heavy (non-hydrogen) atoms. The van der Waals surface area contributed by atoms with Crippen molar-refractivity contribution in [3.05, 3.63) is 11.6 Å². The second-order valence-corrected chi connectivity index (χ2v) is 12.4. The van der Waals surface area contributed by atoms with Gasteiger partial charge in [0.1, 0.15) is 5.60 Å². The number of esters is 2. The molecule has 7 unspecified atom stereocenters. The van der Waals surface area contributed by atoms with E-state index in [4.69, 9.17) is 19.4 Å². The maximum Gasteiger partial charge on any atom is 0.344 e. The number of carbonyl (C=O) groups is 3. The third-order valence-corrected chi connectivity index (χ3v) is 10.4. The van der Waals surface area contributed by atoms with Gasteiger partial charge in [0.05, 0.1) is 17.7 Å². The van der Waals surface area contributed by atoms with Gasteiger partial charge in [-0.3, -0.25) is 9.59 Å². The molecule has 1 heterocycles. The Hall–Kier alpha value is -2.38. The summed E-state index contributed by atoms with van der Waals surface area (Å²) < 4.78 is 11.9. The number of carbonyl (C=O) groups excluding carboxylic acids is 2. The monoisotopic (exact) mass is 501 g/mol. The molecular weight excluding hydrogens is 462 g/mol. The number of allylic oxidation sites excluding steroid dienone is 2. The Labute approximate surface area is 212 Å². The standard InChI is InChI=1S/C28H39NO7/c1-16(2)35-25(33)19-14-17-13-18(29-34-15-22(30)31)5-9-26(17,3)20-6-10-27(4)21(24(19)20)7-11-28(27)12-8-23(32)36-28/h13,16,19-21,24H,5-12,14-15H2,1-4H3,(H,30,31). The zero-order valence-electron chi connectivity index (χ0n) is 21.9. The van der Waals surface area contributed by atoms with Gasteiger partial charge in [-0.15, -0.1) is 0 Å². The molecule has 0 aromatic carbocycles. The number of fused-ring (bicyclic) bond motifs is 6. The zero-order valence-corrected chi connectivity index (χ0v) is 21.9. The fraction of sp³-hybridized carbons (Fsp3) is 0.786. The second kappa shape index (κ2) is 8.88. The summed E-state index contributed by atoms with van der Waals surface area (Å²) >= 11 is 0. The topological polar surface area (TPSA) is 111 Å². The fourth-order valence-electron chi connectivity index (χ4n) is 8.67. The summed E-state index contributed by atoms with van der Waals surface area (Å²) in [5.74, 6) is -0.724. The van der Waals surface area contributed by atoms with Gasteiger partial charge in [0.2, 0.25) is 6.61 Å². The molecule has 8 heteroatoms. The first-order chi connectivity index (χ1) is 17.0. The Balaban J connectivity index is 1.50. The van der Waals surface area contributed by atoms with E-state index in [1.807, 2.05) is 19.9 Å². The van der Waals surface area contributed by atoms with E-state index in [1.54, 1.807) is 0 Å². The highest BCUT2D eigenvalue weighted by Crippen LogP contribution is 2.70. The van der Waals surface area contributed by atoms with Crippen molar-refractivity contribution in [2.45, 2.75) is 97.2 Å². The van der Waals surface area contributed by atoms with Crippen LogP contribution in [0.5, 0.6) is 0 Å². The van der Waals surface area contributed by atoms with E-state index in [9.17, 15) is 14.4 Å². The van der Waals surface area contributed by atoms with Crippen LogP contribution in [-0.4, -0.2) is 47.0 Å². The molecule has 0 bridgehead atoms. The molecule has 198 valence electrons. The number of ether oxygens (including phenoxy) is 2. The Kier molecular flexibility index (Phi) is 6.23. The number of nitrogens with zero attached hydrogens (tertiary/aromatic N) is 1. The van der Waals surface area contributed by atoms with Crippen molar-refractivity contribution in [3.63, 3.8) is 0 Å². The molecule has 0 radical (unpaired) electrons. The van der Waals surface area contributed by atoms with Crippen molar-refractivity contribution in [1.29, 1.82) is 0 Å². The quantitative estimate of drug-likeness (QED) is 0.431. The van der Waals surface area contributed by atoms with Gasteiger partial charge in [0.15, 0.2) is 0 Å². The molecule has 7 atom stereocenters. The van der Waals surface area contributed by atoms with Crippen molar-refractivity contribution >= 4 is 23.6 Å². The molecule has 8 nitrogen and oxygen atoms in total. The SMILES string of the molecule is CC(C)OC(=O)C1CC2=CC(=NOCC(=O)O)CCC2(C)C2CCC3(C)C(CCC34CCC(=O)O4)C12. The number of oxime groups is 1. The van der Waals surface area contributed by atoms with E-state index in [2.05, 4.69) is 19.0 Å². The number of carboxylic acid groups (broad SMARTS) is 1. The van der Waals surface area contributed by atoms with E-state index in [1.165, 1.54) is 5.57 Å². The van der Waals surface area contributed by atoms with Crippen LogP contribution in [0.2, 0.25) is 0 Å². The molecule has 0 aromatic heterocycles. The van der Waals surface area contributed by atoms with E-state index in [0.29, 0.717) is 31.1 Å². The lowest BCUT2D eigenvalue weighted by atomic mass is 9.44. The lowest BCUT2D eigenvalue weighted by Gasteiger charge is -2.60. The third-order valence-electron chi connectivity index (χ3n) is 10.4. The summed E-state index contributed by atoms with van der Waals surface area (Å²) in [5, 5.41) is 12.9. The van der Waals surface area contributed by atoms with Gasteiger partial charge in [-0.1, -0.05) is 24.6 Å². The van der Waals surface area contributed by atoms with Crippen LogP contribution < -0.4 is 0 Å². The van der Waals surface area contributed by atoms with E-state index in [-0.39, 0.29) is 40.7 Å². The van der Waals surface area contributed by atoms with Gasteiger partial charge in [-0.2, -0.15) is 0 Å². The summed E-state index contributed by atoms with van der Waals surface area (Å²) in [7, 11) is 0. The summed E-state index contributed by atoms with van der Waals surface area (Å²) in [6, 6.07) is 0. The van der Waals surface area contributed by atoms with Crippen LogP contribution in [0.15, 0.2) is 16.8 Å². The van der Waals surface area contributed by atoms with Crippen LogP contribution in [0.1, 0.15) is 85.5 Å². The van der Waals surface area contributed by atoms with Gasteiger partial charge < -0.3 is 19.4 Å². The largest absolute Gasteiger partial charge is 0.479 e. The van der Waals surface area contributed by atoms with E-state index >= 15 is 0 Å². The normalized spacial score (nSPS) is 42.4. The highest BCUT2D eigenvalue weighted by atomic mass is 16.6. The van der Waals surface area contributed by atoms with Crippen molar-refractivity contribution in [2.75, 3.05) is 6.61 Å². The highest BCUT2D eigenvalue weighted by molar-refractivity contribution is 5.96. The van der Waals surface area contributed by atoms with Gasteiger partial charge >= 0.3 is 17.9 Å². The molecule has 1 saturated heterocycles. The Morgan fingerprint density at radius 1 is 1.14 bits per heavy atom. The number of carboxylic acids is 1. The van der Waals surface area contributed by atoms with Crippen LogP contribution >= 0.6 is 0 Å². The minimum Gasteiger partial charge on any atom is -0.479 e. The fourth-order valence-corrected chi connectivity index (χ4v) is 8.67. The predicted molar refractivity (Wildman–Crippen MR) is 131 cm³/mol. The molecule has 1 aliphatic heterocycles. The Bertz CT molecular complexity index is 1020. The van der Waals surface area contributed by atoms with Gasteiger partial charge in [0.25, 0.3) is 0 Å². The molecule has 0 amide bonds. The number of aliphatic carboxylic acids is 1. The minimum atomic E-state index is -1.06. The molecule has 3 saturated carbocycles. The lowest BCUT2D eigenvalue weighted by molar-refractivity contribution is -0.179. The third kappa shape index (κ3) is 3.86. The maximum absolute atomic E-state index is 13.6. The lowest BCUT2D eigenvalue weighted by Crippen LogP contribution is -2.58. The molecule has 0 aromatic rings. The summed E-state index contributed by atoms with van der Waals surface area (Å²) in [5.41, 5.74) is 1.35. The maximum atomic E-state index is 13.6. The van der Waals surface area contributed by atoms with Crippen LogP contribution in [0.4, 0.5) is 0 Å². The second-order valence-electron chi connectivity index (χ2n) is 12.4. The molecule has 4 aliphatic carbocycles. The molecule has 4 fully saturated rings. The first-order valence-corrected chi connectivity index (χ1v) is 13.5. The van der Waals surface area contributed by atoms with Crippen molar-refractivity contribution in [1.82, 2.24) is 0 Å². The Morgan fingerprint density at radius 2 is 1.89 bits per heavy atom. The summed E-state index contributed by atoms with van der Waals surface area (Å²) in [4.78, 5) is 41.6. The predicted octanol–water partition coefficient (Wildman–Crippen LogP) is 4.66. The number of hydrogen-bond donors (Lipinski definition) is 1. The zero-order chi connectivity index (χ0) is 25.9. The number of rotatable bonds is 5. The van der Waals surface area contributed by atoms with Crippen molar-refractivity contribution < 1.29 is 33.8 Å². The summed E-state index contributed by atoms with van der Waals surface area (Å²) in [6.07, 6.45) is 9.18.